The highest BCUT2D eigenvalue weighted by atomic mass is 19.4. The molecule has 3 unspecified atom stereocenters. The SMILES string of the molecule is CCC(O)C1CC(N)CN(c2ccc(C(F)(F)F)cc2)C1. The van der Waals surface area contributed by atoms with Gasteiger partial charge in [0.2, 0.25) is 0 Å². The Labute approximate surface area is 122 Å². The van der Waals surface area contributed by atoms with Gasteiger partial charge in [0.1, 0.15) is 0 Å². The average Bonchev–Trinajstić information content (AvgIpc) is 2.45. The zero-order valence-electron chi connectivity index (χ0n) is 12.0. The largest absolute Gasteiger partial charge is 0.416 e. The van der Waals surface area contributed by atoms with Crippen LogP contribution in [0, 0.1) is 5.92 Å². The predicted molar refractivity (Wildman–Crippen MR) is 76.0 cm³/mol. The second-order valence-corrected chi connectivity index (χ2v) is 5.68. The maximum atomic E-state index is 12.6. The third kappa shape index (κ3) is 3.89. The van der Waals surface area contributed by atoms with E-state index in [1.165, 1.54) is 12.1 Å². The highest BCUT2D eigenvalue weighted by Gasteiger charge is 2.32. The van der Waals surface area contributed by atoms with Crippen LogP contribution in [0.4, 0.5) is 18.9 Å². The number of aliphatic hydroxyl groups is 1. The number of nitrogens with zero attached hydrogens (tertiary/aromatic N) is 1. The lowest BCUT2D eigenvalue weighted by Crippen LogP contribution is -2.50. The Hall–Kier alpha value is -1.27. The summed E-state index contributed by atoms with van der Waals surface area (Å²) in [7, 11) is 0. The molecule has 1 heterocycles. The molecule has 0 radical (unpaired) electrons. The van der Waals surface area contributed by atoms with Crippen molar-refractivity contribution < 1.29 is 18.3 Å². The van der Waals surface area contributed by atoms with E-state index in [9.17, 15) is 18.3 Å². The van der Waals surface area contributed by atoms with Crippen molar-refractivity contribution in [3.63, 3.8) is 0 Å². The molecule has 1 fully saturated rings. The number of hydrogen-bond acceptors (Lipinski definition) is 3. The number of nitrogens with two attached hydrogens (primary N) is 1. The van der Waals surface area contributed by atoms with Crippen molar-refractivity contribution in [3.8, 4) is 0 Å². The third-order valence-corrected chi connectivity index (χ3v) is 4.04. The van der Waals surface area contributed by atoms with Crippen LogP contribution in [0.3, 0.4) is 0 Å². The van der Waals surface area contributed by atoms with Crippen LogP contribution in [0.2, 0.25) is 0 Å². The molecule has 3 atom stereocenters. The van der Waals surface area contributed by atoms with E-state index < -0.39 is 17.8 Å². The van der Waals surface area contributed by atoms with E-state index in [1.807, 2.05) is 11.8 Å². The summed E-state index contributed by atoms with van der Waals surface area (Å²) in [5.74, 6) is 0.0565. The molecule has 21 heavy (non-hydrogen) atoms. The first kappa shape index (κ1) is 16.1. The summed E-state index contributed by atoms with van der Waals surface area (Å²) in [6.07, 6.45) is -3.35. The summed E-state index contributed by atoms with van der Waals surface area (Å²) in [6.45, 7) is 3.12. The van der Waals surface area contributed by atoms with E-state index >= 15 is 0 Å². The molecule has 0 amide bonds. The summed E-state index contributed by atoms with van der Waals surface area (Å²) >= 11 is 0. The molecule has 0 bridgehead atoms. The van der Waals surface area contributed by atoms with Gasteiger partial charge in [-0.3, -0.25) is 0 Å². The number of anilines is 1. The van der Waals surface area contributed by atoms with Crippen molar-refractivity contribution in [2.75, 3.05) is 18.0 Å². The topological polar surface area (TPSA) is 49.5 Å². The van der Waals surface area contributed by atoms with E-state index in [2.05, 4.69) is 0 Å². The second kappa shape index (κ2) is 6.23. The van der Waals surface area contributed by atoms with E-state index in [-0.39, 0.29) is 12.0 Å². The molecule has 0 aliphatic carbocycles. The van der Waals surface area contributed by atoms with Gasteiger partial charge < -0.3 is 15.7 Å². The smallest absolute Gasteiger partial charge is 0.393 e. The van der Waals surface area contributed by atoms with Gasteiger partial charge in [0.05, 0.1) is 11.7 Å². The Morgan fingerprint density at radius 2 is 1.90 bits per heavy atom. The molecule has 3 N–H and O–H groups in total. The highest BCUT2D eigenvalue weighted by Crippen LogP contribution is 2.32. The second-order valence-electron chi connectivity index (χ2n) is 5.68. The van der Waals surface area contributed by atoms with E-state index in [1.54, 1.807) is 0 Å². The maximum absolute atomic E-state index is 12.6. The predicted octanol–water partition coefficient (Wildman–Crippen LogP) is 2.63. The summed E-state index contributed by atoms with van der Waals surface area (Å²) in [6, 6.07) is 5.03. The van der Waals surface area contributed by atoms with Gasteiger partial charge in [0.15, 0.2) is 0 Å². The molecule has 2 rings (SSSR count). The van der Waals surface area contributed by atoms with Crippen LogP contribution < -0.4 is 10.6 Å². The fraction of sp³-hybridized carbons (Fsp3) is 0.600. The van der Waals surface area contributed by atoms with Crippen LogP contribution >= 0.6 is 0 Å². The van der Waals surface area contributed by atoms with Crippen molar-refractivity contribution in [1.82, 2.24) is 0 Å². The van der Waals surface area contributed by atoms with Gasteiger partial charge in [-0.05, 0) is 37.1 Å². The van der Waals surface area contributed by atoms with Gasteiger partial charge >= 0.3 is 6.18 Å². The zero-order chi connectivity index (χ0) is 15.6. The average molecular weight is 302 g/mol. The number of piperidine rings is 1. The first-order chi connectivity index (χ1) is 9.81. The van der Waals surface area contributed by atoms with Crippen LogP contribution in [0.25, 0.3) is 0 Å². The number of benzene rings is 1. The number of alkyl halides is 3. The van der Waals surface area contributed by atoms with Crippen LogP contribution in [0.15, 0.2) is 24.3 Å². The minimum Gasteiger partial charge on any atom is -0.393 e. The molecule has 1 aromatic carbocycles. The summed E-state index contributed by atoms with van der Waals surface area (Å²) in [5, 5.41) is 9.98. The lowest BCUT2D eigenvalue weighted by atomic mass is 9.88. The molecule has 3 nitrogen and oxygen atoms in total. The van der Waals surface area contributed by atoms with Crippen LogP contribution in [-0.4, -0.2) is 30.3 Å². The van der Waals surface area contributed by atoms with Gasteiger partial charge in [-0.2, -0.15) is 13.2 Å². The molecular weight excluding hydrogens is 281 g/mol. The van der Waals surface area contributed by atoms with Gasteiger partial charge in [0.25, 0.3) is 0 Å². The number of halogens is 3. The molecule has 6 heteroatoms. The fourth-order valence-corrected chi connectivity index (χ4v) is 2.86. The summed E-state index contributed by atoms with van der Waals surface area (Å²) in [4.78, 5) is 1.96. The minimum atomic E-state index is -4.32. The van der Waals surface area contributed by atoms with Gasteiger partial charge in [0, 0.05) is 30.7 Å². The standard InChI is InChI=1S/C15H21F3N2O/c1-2-14(21)10-7-12(19)9-20(8-10)13-5-3-11(4-6-13)15(16,17)18/h3-6,10,12,14,21H,2,7-9,19H2,1H3. The highest BCUT2D eigenvalue weighted by molar-refractivity contribution is 5.48. The summed E-state index contributed by atoms with van der Waals surface area (Å²) < 4.78 is 37.7. The Morgan fingerprint density at radius 3 is 2.43 bits per heavy atom. The molecule has 1 aliphatic rings. The van der Waals surface area contributed by atoms with Gasteiger partial charge in [-0.25, -0.2) is 0 Å². The number of hydrogen-bond donors (Lipinski definition) is 2. The van der Waals surface area contributed by atoms with Gasteiger partial charge in [-0.1, -0.05) is 6.92 Å². The molecular formula is C15H21F3N2O. The van der Waals surface area contributed by atoms with Crippen LogP contribution in [0.1, 0.15) is 25.3 Å². The summed E-state index contributed by atoms with van der Waals surface area (Å²) in [5.41, 5.74) is 6.07. The first-order valence-electron chi connectivity index (χ1n) is 7.17. The van der Waals surface area contributed by atoms with E-state index in [4.69, 9.17) is 5.73 Å². The third-order valence-electron chi connectivity index (χ3n) is 4.04. The van der Waals surface area contributed by atoms with E-state index in [0.717, 1.165) is 18.6 Å². The quantitative estimate of drug-likeness (QED) is 0.902. The molecule has 0 spiro atoms. The molecule has 1 aromatic rings. The number of rotatable bonds is 3. The van der Waals surface area contributed by atoms with Crippen molar-refractivity contribution in [1.29, 1.82) is 0 Å². The van der Waals surface area contributed by atoms with Crippen LogP contribution in [0.5, 0.6) is 0 Å². The van der Waals surface area contributed by atoms with Crippen molar-refractivity contribution in [2.24, 2.45) is 11.7 Å². The Morgan fingerprint density at radius 1 is 1.29 bits per heavy atom. The lowest BCUT2D eigenvalue weighted by molar-refractivity contribution is -0.137. The number of aliphatic hydroxyl groups excluding tert-OH is 1. The normalized spacial score (nSPS) is 25.0. The van der Waals surface area contributed by atoms with Crippen molar-refractivity contribution >= 4 is 5.69 Å². The Bertz CT molecular complexity index is 461. The van der Waals surface area contributed by atoms with Crippen molar-refractivity contribution in [2.45, 2.75) is 38.1 Å². The minimum absolute atomic E-state index is 0.0565. The zero-order valence-corrected chi connectivity index (χ0v) is 12.0. The molecule has 0 saturated carbocycles. The first-order valence-corrected chi connectivity index (χ1v) is 7.17. The lowest BCUT2D eigenvalue weighted by Gasteiger charge is -2.39. The van der Waals surface area contributed by atoms with E-state index in [0.29, 0.717) is 25.2 Å². The van der Waals surface area contributed by atoms with Crippen LogP contribution in [-0.2, 0) is 6.18 Å². The molecule has 118 valence electrons. The monoisotopic (exact) mass is 302 g/mol. The maximum Gasteiger partial charge on any atom is 0.416 e. The van der Waals surface area contributed by atoms with Gasteiger partial charge in [-0.15, -0.1) is 0 Å². The Kier molecular flexibility index (Phi) is 4.78. The molecule has 1 aliphatic heterocycles. The van der Waals surface area contributed by atoms with Crippen molar-refractivity contribution in [3.05, 3.63) is 29.8 Å². The Balaban J connectivity index is 2.13. The molecule has 1 saturated heterocycles. The fourth-order valence-electron chi connectivity index (χ4n) is 2.86. The molecule has 0 aromatic heterocycles.